The van der Waals surface area contributed by atoms with Crippen LogP contribution in [0.25, 0.3) is 0 Å². The number of ether oxygens (including phenoxy) is 2. The van der Waals surface area contributed by atoms with E-state index in [2.05, 4.69) is 4.98 Å². The van der Waals surface area contributed by atoms with Gasteiger partial charge in [-0.25, -0.2) is 14.2 Å². The highest BCUT2D eigenvalue weighted by molar-refractivity contribution is 7.09. The third kappa shape index (κ3) is 4.27. The molecule has 2 rings (SSSR count). The van der Waals surface area contributed by atoms with Crippen LogP contribution in [0, 0.1) is 12.7 Å². The SMILES string of the molecule is Cc1ncsc1CCOC(=O)C(C)(C)Oc1ccc(F)cc1. The fourth-order valence-corrected chi connectivity index (χ4v) is 2.58. The van der Waals surface area contributed by atoms with Crippen LogP contribution in [0.3, 0.4) is 0 Å². The normalized spacial score (nSPS) is 11.3. The van der Waals surface area contributed by atoms with E-state index < -0.39 is 11.6 Å². The van der Waals surface area contributed by atoms with Gasteiger partial charge in [-0.2, -0.15) is 0 Å². The van der Waals surface area contributed by atoms with Crippen molar-refractivity contribution < 1.29 is 18.7 Å². The Bertz CT molecular complexity index is 637. The van der Waals surface area contributed by atoms with Crippen LogP contribution in [0.2, 0.25) is 0 Å². The molecule has 118 valence electrons. The summed E-state index contributed by atoms with van der Waals surface area (Å²) in [5, 5.41) is 0. The van der Waals surface area contributed by atoms with E-state index in [1.807, 2.05) is 6.92 Å². The van der Waals surface area contributed by atoms with Crippen LogP contribution in [0.15, 0.2) is 29.8 Å². The second-order valence-electron chi connectivity index (χ2n) is 5.31. The largest absolute Gasteiger partial charge is 0.476 e. The molecule has 0 aliphatic carbocycles. The molecule has 0 amide bonds. The quantitative estimate of drug-likeness (QED) is 0.763. The molecule has 6 heteroatoms. The van der Waals surface area contributed by atoms with Crippen molar-refractivity contribution in [3.05, 3.63) is 46.2 Å². The number of esters is 1. The van der Waals surface area contributed by atoms with Crippen LogP contribution in [-0.2, 0) is 16.0 Å². The van der Waals surface area contributed by atoms with Gasteiger partial charge in [-0.15, -0.1) is 11.3 Å². The molecule has 0 aliphatic rings. The minimum absolute atomic E-state index is 0.276. The van der Waals surface area contributed by atoms with E-state index in [4.69, 9.17) is 9.47 Å². The Labute approximate surface area is 132 Å². The molecule has 1 heterocycles. The van der Waals surface area contributed by atoms with Gasteiger partial charge >= 0.3 is 5.97 Å². The summed E-state index contributed by atoms with van der Waals surface area (Å²) in [4.78, 5) is 17.4. The van der Waals surface area contributed by atoms with E-state index in [0.717, 1.165) is 10.6 Å². The van der Waals surface area contributed by atoms with Gasteiger partial charge in [-0.1, -0.05) is 0 Å². The zero-order valence-corrected chi connectivity index (χ0v) is 13.6. The van der Waals surface area contributed by atoms with Crippen molar-refractivity contribution in [2.45, 2.75) is 32.8 Å². The number of thiazole rings is 1. The molecular weight excluding hydrogens is 305 g/mol. The molecular formula is C16H18FNO3S. The zero-order valence-electron chi connectivity index (χ0n) is 12.8. The molecule has 4 nitrogen and oxygen atoms in total. The average molecular weight is 323 g/mol. The standard InChI is InChI=1S/C16H18FNO3S/c1-11-14(22-10-18-11)8-9-20-15(19)16(2,3)21-13-6-4-12(17)5-7-13/h4-7,10H,8-9H2,1-3H3. The molecule has 0 saturated carbocycles. The number of carbonyl (C=O) groups is 1. The first-order valence-corrected chi connectivity index (χ1v) is 7.77. The number of hydrogen-bond donors (Lipinski definition) is 0. The van der Waals surface area contributed by atoms with E-state index in [-0.39, 0.29) is 12.4 Å². The van der Waals surface area contributed by atoms with Crippen LogP contribution in [0.5, 0.6) is 5.75 Å². The van der Waals surface area contributed by atoms with Gasteiger partial charge in [-0.05, 0) is 45.0 Å². The highest BCUT2D eigenvalue weighted by Crippen LogP contribution is 2.20. The summed E-state index contributed by atoms with van der Waals surface area (Å²) in [7, 11) is 0. The minimum Gasteiger partial charge on any atom is -0.476 e. The van der Waals surface area contributed by atoms with E-state index in [1.165, 1.54) is 24.3 Å². The molecule has 0 fully saturated rings. The number of aromatic nitrogens is 1. The number of hydrogen-bond acceptors (Lipinski definition) is 5. The molecule has 0 aliphatic heterocycles. The Balaban J connectivity index is 1.87. The van der Waals surface area contributed by atoms with Crippen molar-refractivity contribution >= 4 is 17.3 Å². The molecule has 0 atom stereocenters. The van der Waals surface area contributed by atoms with E-state index in [9.17, 15) is 9.18 Å². The Morgan fingerprint density at radius 2 is 2.00 bits per heavy atom. The van der Waals surface area contributed by atoms with Gasteiger partial charge < -0.3 is 9.47 Å². The molecule has 0 saturated heterocycles. The summed E-state index contributed by atoms with van der Waals surface area (Å²) in [6, 6.07) is 5.52. The van der Waals surface area contributed by atoms with Crippen LogP contribution in [-0.4, -0.2) is 23.2 Å². The molecule has 2 aromatic rings. The Morgan fingerprint density at radius 3 is 2.59 bits per heavy atom. The summed E-state index contributed by atoms with van der Waals surface area (Å²) in [5.74, 6) is -0.395. The molecule has 0 bridgehead atoms. The summed E-state index contributed by atoms with van der Waals surface area (Å²) in [5.41, 5.74) is 1.59. The number of benzene rings is 1. The summed E-state index contributed by atoms with van der Waals surface area (Å²) >= 11 is 1.54. The van der Waals surface area contributed by atoms with E-state index in [1.54, 1.807) is 30.7 Å². The van der Waals surface area contributed by atoms with Crippen molar-refractivity contribution in [2.75, 3.05) is 6.61 Å². The van der Waals surface area contributed by atoms with Crippen LogP contribution < -0.4 is 4.74 Å². The number of carbonyl (C=O) groups excluding carboxylic acids is 1. The zero-order chi connectivity index (χ0) is 16.2. The van der Waals surface area contributed by atoms with E-state index >= 15 is 0 Å². The smallest absolute Gasteiger partial charge is 0.349 e. The van der Waals surface area contributed by atoms with Crippen LogP contribution >= 0.6 is 11.3 Å². The number of rotatable bonds is 6. The molecule has 0 N–H and O–H groups in total. The van der Waals surface area contributed by atoms with Gasteiger partial charge in [-0.3, -0.25) is 0 Å². The summed E-state index contributed by atoms with van der Waals surface area (Å²) < 4.78 is 23.7. The van der Waals surface area contributed by atoms with Gasteiger partial charge in [0.2, 0.25) is 0 Å². The number of nitrogens with zero attached hydrogens (tertiary/aromatic N) is 1. The predicted molar refractivity (Wildman–Crippen MR) is 82.6 cm³/mol. The summed E-state index contributed by atoms with van der Waals surface area (Å²) in [6.07, 6.45) is 0.634. The van der Waals surface area contributed by atoms with Gasteiger partial charge in [0.1, 0.15) is 11.6 Å². The number of aryl methyl sites for hydroxylation is 1. The lowest BCUT2D eigenvalue weighted by atomic mass is 10.1. The monoisotopic (exact) mass is 323 g/mol. The first kappa shape index (κ1) is 16.4. The maximum absolute atomic E-state index is 12.9. The van der Waals surface area contributed by atoms with Gasteiger partial charge in [0.15, 0.2) is 5.60 Å². The fraction of sp³-hybridized carbons (Fsp3) is 0.375. The second kappa shape index (κ2) is 6.87. The first-order chi connectivity index (χ1) is 10.4. The number of halogens is 1. The average Bonchev–Trinajstić information content (AvgIpc) is 2.87. The maximum Gasteiger partial charge on any atom is 0.349 e. The second-order valence-corrected chi connectivity index (χ2v) is 6.25. The first-order valence-electron chi connectivity index (χ1n) is 6.89. The molecule has 1 aromatic heterocycles. The third-order valence-electron chi connectivity index (χ3n) is 3.09. The molecule has 0 spiro atoms. The molecule has 1 aromatic carbocycles. The van der Waals surface area contributed by atoms with Gasteiger partial charge in [0.05, 0.1) is 17.8 Å². The van der Waals surface area contributed by atoms with Crippen LogP contribution in [0.4, 0.5) is 4.39 Å². The fourth-order valence-electron chi connectivity index (χ4n) is 1.82. The Hall–Kier alpha value is -1.95. The maximum atomic E-state index is 12.9. The van der Waals surface area contributed by atoms with E-state index in [0.29, 0.717) is 12.2 Å². The van der Waals surface area contributed by atoms with Crippen molar-refractivity contribution in [1.29, 1.82) is 0 Å². The predicted octanol–water partition coefficient (Wildman–Crippen LogP) is 3.53. The minimum atomic E-state index is -1.14. The van der Waals surface area contributed by atoms with Crippen LogP contribution in [0.1, 0.15) is 24.4 Å². The highest BCUT2D eigenvalue weighted by atomic mass is 32.1. The lowest BCUT2D eigenvalue weighted by Gasteiger charge is -2.24. The third-order valence-corrected chi connectivity index (χ3v) is 4.08. The molecule has 0 radical (unpaired) electrons. The van der Waals surface area contributed by atoms with Gasteiger partial charge in [0.25, 0.3) is 0 Å². The summed E-state index contributed by atoms with van der Waals surface area (Å²) in [6.45, 7) is 5.45. The Morgan fingerprint density at radius 1 is 1.32 bits per heavy atom. The Kier molecular flexibility index (Phi) is 5.13. The topological polar surface area (TPSA) is 48.4 Å². The van der Waals surface area contributed by atoms with Crippen molar-refractivity contribution in [3.63, 3.8) is 0 Å². The van der Waals surface area contributed by atoms with Crippen molar-refractivity contribution in [2.24, 2.45) is 0 Å². The lowest BCUT2D eigenvalue weighted by Crippen LogP contribution is -2.40. The van der Waals surface area contributed by atoms with Crippen molar-refractivity contribution in [1.82, 2.24) is 4.98 Å². The molecule has 22 heavy (non-hydrogen) atoms. The highest BCUT2D eigenvalue weighted by Gasteiger charge is 2.31. The van der Waals surface area contributed by atoms with Crippen molar-refractivity contribution in [3.8, 4) is 5.75 Å². The lowest BCUT2D eigenvalue weighted by molar-refractivity contribution is -0.159. The molecule has 0 unspecified atom stereocenters. The van der Waals surface area contributed by atoms with Gasteiger partial charge in [0, 0.05) is 11.3 Å².